The van der Waals surface area contributed by atoms with Gasteiger partial charge < -0.3 is 11.1 Å². The Kier molecular flexibility index (Phi) is 3.74. The van der Waals surface area contributed by atoms with E-state index in [0.717, 1.165) is 12.8 Å². The first kappa shape index (κ1) is 12.5. The predicted molar refractivity (Wildman–Crippen MR) is 71.2 cm³/mol. The van der Waals surface area contributed by atoms with E-state index < -0.39 is 0 Å². The number of rotatable bonds is 5. The lowest BCUT2D eigenvalue weighted by Gasteiger charge is -2.19. The molecule has 3 N–H and O–H groups in total. The van der Waals surface area contributed by atoms with Crippen molar-refractivity contribution in [2.75, 3.05) is 19.3 Å². The van der Waals surface area contributed by atoms with Gasteiger partial charge in [0.05, 0.1) is 6.54 Å². The van der Waals surface area contributed by atoms with E-state index in [1.54, 1.807) is 11.8 Å². The Morgan fingerprint density at radius 1 is 1.47 bits per heavy atom. The molecular weight excluding hydrogens is 232 g/mol. The maximum Gasteiger partial charge on any atom is 0.233 e. The monoisotopic (exact) mass is 250 g/mol. The van der Waals surface area contributed by atoms with Gasteiger partial charge in [0.1, 0.15) is 0 Å². The summed E-state index contributed by atoms with van der Waals surface area (Å²) in [5.41, 5.74) is 6.82. The molecule has 1 fully saturated rings. The molecule has 1 saturated carbocycles. The molecule has 0 radical (unpaired) electrons. The van der Waals surface area contributed by atoms with Crippen LogP contribution < -0.4 is 11.1 Å². The fourth-order valence-electron chi connectivity index (χ4n) is 2.11. The maximum atomic E-state index is 11.2. The molecule has 0 heterocycles. The van der Waals surface area contributed by atoms with Crippen LogP contribution in [0.3, 0.4) is 0 Å². The van der Waals surface area contributed by atoms with Crippen molar-refractivity contribution in [2.24, 2.45) is 5.73 Å². The Labute approximate surface area is 106 Å². The first-order valence-corrected chi connectivity index (χ1v) is 7.04. The average molecular weight is 250 g/mol. The van der Waals surface area contributed by atoms with E-state index in [1.165, 1.54) is 10.5 Å². The zero-order chi connectivity index (χ0) is 12.3. The third-order valence-electron chi connectivity index (χ3n) is 3.34. The summed E-state index contributed by atoms with van der Waals surface area (Å²) in [7, 11) is 0. The van der Waals surface area contributed by atoms with Gasteiger partial charge in [-0.1, -0.05) is 18.2 Å². The molecule has 0 unspecified atom stereocenters. The van der Waals surface area contributed by atoms with E-state index in [2.05, 4.69) is 35.8 Å². The van der Waals surface area contributed by atoms with Gasteiger partial charge >= 0.3 is 0 Å². The summed E-state index contributed by atoms with van der Waals surface area (Å²) in [6.45, 7) is 0.779. The maximum absolute atomic E-state index is 11.2. The van der Waals surface area contributed by atoms with Gasteiger partial charge in [0, 0.05) is 16.9 Å². The Morgan fingerprint density at radius 2 is 2.18 bits per heavy atom. The van der Waals surface area contributed by atoms with Gasteiger partial charge in [-0.05, 0) is 30.7 Å². The Hall–Kier alpha value is -1.00. The number of amides is 1. The fraction of sp³-hybridized carbons (Fsp3) is 0.462. The number of thioether (sulfide) groups is 1. The van der Waals surface area contributed by atoms with Gasteiger partial charge in [-0.15, -0.1) is 11.8 Å². The second kappa shape index (κ2) is 5.10. The molecule has 1 amide bonds. The van der Waals surface area contributed by atoms with E-state index in [1.807, 2.05) is 0 Å². The first-order chi connectivity index (χ1) is 8.22. The summed E-state index contributed by atoms with van der Waals surface area (Å²) < 4.78 is 0. The lowest BCUT2D eigenvalue weighted by molar-refractivity contribution is -0.119. The first-order valence-electron chi connectivity index (χ1n) is 5.82. The van der Waals surface area contributed by atoms with Crippen LogP contribution in [-0.4, -0.2) is 25.3 Å². The van der Waals surface area contributed by atoms with Gasteiger partial charge in [0.15, 0.2) is 0 Å². The Morgan fingerprint density at radius 3 is 2.76 bits per heavy atom. The van der Waals surface area contributed by atoms with Crippen molar-refractivity contribution in [3.05, 3.63) is 29.8 Å². The lowest BCUT2D eigenvalue weighted by Crippen LogP contribution is -2.36. The van der Waals surface area contributed by atoms with Gasteiger partial charge in [-0.25, -0.2) is 0 Å². The zero-order valence-corrected chi connectivity index (χ0v) is 10.8. The third-order valence-corrected chi connectivity index (χ3v) is 4.14. The summed E-state index contributed by atoms with van der Waals surface area (Å²) in [6.07, 6.45) is 4.39. The van der Waals surface area contributed by atoms with Crippen LogP contribution in [0, 0.1) is 0 Å². The number of hydrogen-bond acceptors (Lipinski definition) is 3. The number of carbonyl (C=O) groups excluding carboxylic acids is 1. The SMILES string of the molecule is CSc1ccccc1C1(CNC(=O)CN)CC1. The van der Waals surface area contributed by atoms with Gasteiger partial charge in [-0.2, -0.15) is 0 Å². The number of hydrogen-bond donors (Lipinski definition) is 2. The van der Waals surface area contributed by atoms with E-state index in [0.29, 0.717) is 6.54 Å². The van der Waals surface area contributed by atoms with Crippen molar-refractivity contribution in [1.82, 2.24) is 5.32 Å². The van der Waals surface area contributed by atoms with Crippen LogP contribution in [0.5, 0.6) is 0 Å². The van der Waals surface area contributed by atoms with Crippen molar-refractivity contribution >= 4 is 17.7 Å². The smallest absolute Gasteiger partial charge is 0.233 e. The molecule has 2 rings (SSSR count). The molecule has 0 spiro atoms. The number of nitrogens with two attached hydrogens (primary N) is 1. The molecule has 0 saturated heterocycles. The van der Waals surface area contributed by atoms with Crippen molar-refractivity contribution in [2.45, 2.75) is 23.2 Å². The standard InChI is InChI=1S/C13H18N2OS/c1-17-11-5-3-2-4-10(11)13(6-7-13)9-15-12(16)8-14/h2-5H,6-9,14H2,1H3,(H,15,16). The topological polar surface area (TPSA) is 55.1 Å². The number of benzene rings is 1. The average Bonchev–Trinajstić information content (AvgIpc) is 3.17. The highest BCUT2D eigenvalue weighted by Gasteiger charge is 2.45. The molecule has 0 bridgehead atoms. The summed E-state index contributed by atoms with van der Waals surface area (Å²) >= 11 is 1.76. The minimum absolute atomic E-state index is 0.0697. The summed E-state index contributed by atoms with van der Waals surface area (Å²) in [5.74, 6) is -0.0714. The molecular formula is C13H18N2OS. The van der Waals surface area contributed by atoms with E-state index >= 15 is 0 Å². The van der Waals surface area contributed by atoms with E-state index in [-0.39, 0.29) is 17.9 Å². The Bertz CT molecular complexity index is 416. The van der Waals surface area contributed by atoms with Crippen LogP contribution in [0.1, 0.15) is 18.4 Å². The molecule has 92 valence electrons. The van der Waals surface area contributed by atoms with Gasteiger partial charge in [0.25, 0.3) is 0 Å². The van der Waals surface area contributed by atoms with Crippen molar-refractivity contribution in [3.63, 3.8) is 0 Å². The summed E-state index contributed by atoms with van der Waals surface area (Å²) in [4.78, 5) is 12.5. The third kappa shape index (κ3) is 2.64. The molecule has 4 heteroatoms. The van der Waals surface area contributed by atoms with Crippen molar-refractivity contribution in [1.29, 1.82) is 0 Å². The highest BCUT2D eigenvalue weighted by Crippen LogP contribution is 2.50. The summed E-state index contributed by atoms with van der Waals surface area (Å²) in [5, 5.41) is 2.91. The molecule has 0 aromatic heterocycles. The number of carbonyl (C=O) groups is 1. The van der Waals surface area contributed by atoms with Crippen molar-refractivity contribution < 1.29 is 4.79 Å². The molecule has 17 heavy (non-hydrogen) atoms. The minimum Gasteiger partial charge on any atom is -0.354 e. The van der Waals surface area contributed by atoms with Crippen molar-refractivity contribution in [3.8, 4) is 0 Å². The van der Waals surface area contributed by atoms with Crippen LogP contribution in [0.15, 0.2) is 29.2 Å². The minimum atomic E-state index is -0.0714. The molecule has 0 aliphatic heterocycles. The van der Waals surface area contributed by atoms with Crippen LogP contribution in [0.2, 0.25) is 0 Å². The zero-order valence-electron chi connectivity index (χ0n) is 10.0. The lowest BCUT2D eigenvalue weighted by atomic mass is 9.96. The normalized spacial score (nSPS) is 16.6. The van der Waals surface area contributed by atoms with Crippen LogP contribution in [0.25, 0.3) is 0 Å². The van der Waals surface area contributed by atoms with E-state index in [9.17, 15) is 4.79 Å². The molecule has 0 atom stereocenters. The van der Waals surface area contributed by atoms with Crippen LogP contribution in [-0.2, 0) is 10.2 Å². The Balaban J connectivity index is 2.12. The molecule has 3 nitrogen and oxygen atoms in total. The van der Waals surface area contributed by atoms with Gasteiger partial charge in [-0.3, -0.25) is 4.79 Å². The summed E-state index contributed by atoms with van der Waals surface area (Å²) in [6, 6.07) is 8.45. The van der Waals surface area contributed by atoms with E-state index in [4.69, 9.17) is 5.73 Å². The predicted octanol–water partition coefficient (Wildman–Crippen LogP) is 1.52. The molecule has 1 aliphatic carbocycles. The van der Waals surface area contributed by atoms with Crippen LogP contribution >= 0.6 is 11.8 Å². The quantitative estimate of drug-likeness (QED) is 0.779. The highest BCUT2D eigenvalue weighted by molar-refractivity contribution is 7.98. The number of nitrogens with one attached hydrogen (secondary N) is 1. The second-order valence-corrected chi connectivity index (χ2v) is 5.31. The molecule has 1 aliphatic rings. The largest absolute Gasteiger partial charge is 0.354 e. The fourth-order valence-corrected chi connectivity index (χ4v) is 2.83. The van der Waals surface area contributed by atoms with Gasteiger partial charge in [0.2, 0.25) is 5.91 Å². The molecule has 1 aromatic rings. The highest BCUT2D eigenvalue weighted by atomic mass is 32.2. The molecule has 1 aromatic carbocycles. The van der Waals surface area contributed by atoms with Crippen LogP contribution in [0.4, 0.5) is 0 Å². The second-order valence-electron chi connectivity index (χ2n) is 4.46.